The van der Waals surface area contributed by atoms with Gasteiger partial charge in [-0.05, 0) is 92.2 Å². The highest BCUT2D eigenvalue weighted by molar-refractivity contribution is 5.94. The Bertz CT molecular complexity index is 1030. The Hall–Kier alpha value is -3.11. The van der Waals surface area contributed by atoms with E-state index in [1.807, 2.05) is 48.5 Å². The van der Waals surface area contributed by atoms with Gasteiger partial charge in [-0.1, -0.05) is 48.5 Å². The lowest BCUT2D eigenvalue weighted by atomic mass is 9.87. The minimum Gasteiger partial charge on any atom is -0.508 e. The van der Waals surface area contributed by atoms with Gasteiger partial charge < -0.3 is 15.3 Å². The average molecular weight is 429 g/mol. The fraction of sp³-hybridized carbons (Fsp3) is 0.321. The third-order valence-corrected chi connectivity index (χ3v) is 6.49. The van der Waals surface area contributed by atoms with Crippen LogP contribution in [0.2, 0.25) is 0 Å². The molecule has 0 spiro atoms. The first-order valence-corrected chi connectivity index (χ1v) is 11.5. The fourth-order valence-electron chi connectivity index (χ4n) is 4.52. The predicted octanol–water partition coefficient (Wildman–Crippen LogP) is 5.06. The lowest BCUT2D eigenvalue weighted by molar-refractivity contribution is 0.0952. The summed E-state index contributed by atoms with van der Waals surface area (Å²) in [6.07, 6.45) is 5.24. The molecule has 0 saturated heterocycles. The minimum atomic E-state index is -0.0124. The molecule has 0 fully saturated rings. The van der Waals surface area contributed by atoms with Crippen LogP contribution in [0.1, 0.15) is 40.7 Å². The number of phenolic OH excluding ortho intramolecular Hbond substituents is 1. The van der Waals surface area contributed by atoms with Crippen molar-refractivity contribution < 1.29 is 9.90 Å². The van der Waals surface area contributed by atoms with Crippen molar-refractivity contribution in [2.24, 2.45) is 0 Å². The lowest BCUT2D eigenvalue weighted by Gasteiger charge is -2.32. The molecule has 0 aliphatic heterocycles. The van der Waals surface area contributed by atoms with Gasteiger partial charge in [0, 0.05) is 18.2 Å². The van der Waals surface area contributed by atoms with Crippen LogP contribution in [0.15, 0.2) is 72.8 Å². The van der Waals surface area contributed by atoms with E-state index >= 15 is 0 Å². The molecule has 0 radical (unpaired) electrons. The van der Waals surface area contributed by atoms with E-state index in [-0.39, 0.29) is 5.91 Å². The molecule has 3 aromatic carbocycles. The van der Waals surface area contributed by atoms with Gasteiger partial charge in [0.15, 0.2) is 0 Å². The Labute approximate surface area is 190 Å². The van der Waals surface area contributed by atoms with Gasteiger partial charge in [0.25, 0.3) is 5.91 Å². The van der Waals surface area contributed by atoms with Gasteiger partial charge in [-0.3, -0.25) is 4.79 Å². The number of carbonyl (C=O) groups is 1. The van der Waals surface area contributed by atoms with Crippen molar-refractivity contribution in [3.05, 3.63) is 89.5 Å². The molecule has 1 atom stereocenters. The quantitative estimate of drug-likeness (QED) is 0.493. The fourth-order valence-corrected chi connectivity index (χ4v) is 4.52. The van der Waals surface area contributed by atoms with Crippen molar-refractivity contribution in [2.75, 3.05) is 20.1 Å². The second-order valence-electron chi connectivity index (χ2n) is 8.74. The number of amides is 1. The molecule has 0 bridgehead atoms. The molecule has 0 saturated carbocycles. The number of fused-ring (bicyclic) bond motifs is 1. The number of hydrogen-bond acceptors (Lipinski definition) is 3. The summed E-state index contributed by atoms with van der Waals surface area (Å²) >= 11 is 0. The first-order chi connectivity index (χ1) is 15.6. The zero-order valence-corrected chi connectivity index (χ0v) is 18.8. The molecule has 2 N–H and O–H groups in total. The zero-order chi connectivity index (χ0) is 22.3. The number of rotatable bonds is 8. The van der Waals surface area contributed by atoms with Crippen molar-refractivity contribution in [3.8, 4) is 16.9 Å². The van der Waals surface area contributed by atoms with E-state index < -0.39 is 0 Å². The normalized spacial score (nSPS) is 15.4. The predicted molar refractivity (Wildman–Crippen MR) is 130 cm³/mol. The van der Waals surface area contributed by atoms with Gasteiger partial charge in [-0.25, -0.2) is 0 Å². The molecule has 1 amide bonds. The topological polar surface area (TPSA) is 52.6 Å². The number of likely N-dealkylation sites (N-methyl/N-ethyl adjacent to an activating group) is 1. The van der Waals surface area contributed by atoms with Crippen LogP contribution in [0.4, 0.5) is 0 Å². The molecule has 166 valence electrons. The van der Waals surface area contributed by atoms with Crippen LogP contribution in [-0.4, -0.2) is 42.1 Å². The molecular weight excluding hydrogens is 396 g/mol. The summed E-state index contributed by atoms with van der Waals surface area (Å²) < 4.78 is 0. The van der Waals surface area contributed by atoms with E-state index in [2.05, 4.69) is 35.5 Å². The van der Waals surface area contributed by atoms with Gasteiger partial charge in [0.2, 0.25) is 0 Å². The summed E-state index contributed by atoms with van der Waals surface area (Å²) in [7, 11) is 2.19. The Morgan fingerprint density at radius 1 is 0.969 bits per heavy atom. The molecule has 0 aromatic heterocycles. The van der Waals surface area contributed by atoms with E-state index in [1.54, 1.807) is 6.07 Å². The van der Waals surface area contributed by atoms with Crippen LogP contribution in [0.5, 0.6) is 5.75 Å². The molecule has 1 aliphatic rings. The van der Waals surface area contributed by atoms with E-state index in [0.29, 0.717) is 23.9 Å². The number of nitrogens with zero attached hydrogens (tertiary/aromatic N) is 1. The van der Waals surface area contributed by atoms with Crippen LogP contribution >= 0.6 is 0 Å². The third-order valence-electron chi connectivity index (χ3n) is 6.49. The van der Waals surface area contributed by atoms with Gasteiger partial charge in [-0.2, -0.15) is 0 Å². The van der Waals surface area contributed by atoms with Crippen LogP contribution in [-0.2, 0) is 12.8 Å². The van der Waals surface area contributed by atoms with Gasteiger partial charge >= 0.3 is 0 Å². The molecular formula is C28H32N2O2. The molecule has 4 rings (SSSR count). The van der Waals surface area contributed by atoms with Gasteiger partial charge in [0.05, 0.1) is 0 Å². The Balaban J connectivity index is 1.17. The summed E-state index contributed by atoms with van der Waals surface area (Å²) in [5.41, 5.74) is 5.61. The SMILES string of the molecule is CN(CCCCNC(=O)c1ccc(-c2ccccc2)cc1)C1CCc2ccc(O)cc2C1. The van der Waals surface area contributed by atoms with Crippen molar-refractivity contribution in [1.29, 1.82) is 0 Å². The first-order valence-electron chi connectivity index (χ1n) is 11.5. The second-order valence-corrected chi connectivity index (χ2v) is 8.74. The number of hydrogen-bond donors (Lipinski definition) is 2. The van der Waals surface area contributed by atoms with Crippen LogP contribution in [0.3, 0.4) is 0 Å². The monoisotopic (exact) mass is 428 g/mol. The van der Waals surface area contributed by atoms with E-state index in [4.69, 9.17) is 0 Å². The summed E-state index contributed by atoms with van der Waals surface area (Å²) in [4.78, 5) is 14.9. The number of benzene rings is 3. The maximum absolute atomic E-state index is 12.4. The molecule has 0 heterocycles. The third kappa shape index (κ3) is 5.57. The number of unbranched alkanes of at least 4 members (excludes halogenated alkanes) is 1. The molecule has 1 unspecified atom stereocenters. The maximum Gasteiger partial charge on any atom is 0.251 e. The Morgan fingerprint density at radius 3 is 2.50 bits per heavy atom. The highest BCUT2D eigenvalue weighted by atomic mass is 16.3. The summed E-state index contributed by atoms with van der Waals surface area (Å²) in [5.74, 6) is 0.346. The van der Waals surface area contributed by atoms with Crippen LogP contribution < -0.4 is 5.32 Å². The highest BCUT2D eigenvalue weighted by Gasteiger charge is 2.22. The summed E-state index contributed by atoms with van der Waals surface area (Å²) in [6.45, 7) is 1.70. The van der Waals surface area contributed by atoms with Crippen LogP contribution in [0.25, 0.3) is 11.1 Å². The summed E-state index contributed by atoms with van der Waals surface area (Å²) in [6, 6.07) is 24.2. The van der Waals surface area contributed by atoms with Gasteiger partial charge in [0.1, 0.15) is 5.75 Å². The Morgan fingerprint density at radius 2 is 1.72 bits per heavy atom. The number of nitrogens with one attached hydrogen (secondary N) is 1. The van der Waals surface area contributed by atoms with Crippen LogP contribution in [0, 0.1) is 0 Å². The van der Waals surface area contributed by atoms with E-state index in [1.165, 1.54) is 11.1 Å². The number of phenols is 1. The summed E-state index contributed by atoms with van der Waals surface area (Å²) in [5, 5.41) is 12.8. The first kappa shape index (κ1) is 22.1. The molecule has 4 heteroatoms. The zero-order valence-electron chi connectivity index (χ0n) is 18.8. The Kier molecular flexibility index (Phi) is 7.23. The number of aryl methyl sites for hydroxylation is 1. The smallest absolute Gasteiger partial charge is 0.251 e. The van der Waals surface area contributed by atoms with E-state index in [0.717, 1.165) is 49.8 Å². The molecule has 32 heavy (non-hydrogen) atoms. The van der Waals surface area contributed by atoms with Crippen molar-refractivity contribution in [1.82, 2.24) is 10.2 Å². The lowest BCUT2D eigenvalue weighted by Crippen LogP contribution is -2.37. The second kappa shape index (κ2) is 10.5. The number of carbonyl (C=O) groups excluding carboxylic acids is 1. The van der Waals surface area contributed by atoms with Crippen molar-refractivity contribution in [2.45, 2.75) is 38.1 Å². The van der Waals surface area contributed by atoms with Crippen molar-refractivity contribution in [3.63, 3.8) is 0 Å². The van der Waals surface area contributed by atoms with E-state index in [9.17, 15) is 9.90 Å². The van der Waals surface area contributed by atoms with Crippen molar-refractivity contribution >= 4 is 5.91 Å². The minimum absolute atomic E-state index is 0.0124. The molecule has 1 aliphatic carbocycles. The largest absolute Gasteiger partial charge is 0.508 e. The molecule has 4 nitrogen and oxygen atoms in total. The maximum atomic E-state index is 12.4. The standard InChI is InChI=1S/C28H32N2O2/c1-30(26-15-13-23-14-16-27(31)20-25(23)19-26)18-6-5-17-29-28(32)24-11-9-22(10-12-24)21-7-3-2-4-8-21/h2-4,7-12,14,16,20,26,31H,5-6,13,15,17-19H2,1H3,(H,29,32). The average Bonchev–Trinajstić information content (AvgIpc) is 2.83. The number of aromatic hydroxyl groups is 1. The molecule has 3 aromatic rings. The van der Waals surface area contributed by atoms with Gasteiger partial charge in [-0.15, -0.1) is 0 Å². The highest BCUT2D eigenvalue weighted by Crippen LogP contribution is 2.27.